The third-order valence-electron chi connectivity index (χ3n) is 4.60. The fourth-order valence-corrected chi connectivity index (χ4v) is 3.22. The van der Waals surface area contributed by atoms with Crippen molar-refractivity contribution in [2.45, 2.75) is 24.3 Å². The summed E-state index contributed by atoms with van der Waals surface area (Å²) in [6.45, 7) is 0.986. The maximum absolute atomic E-state index is 11.5. The molecule has 0 spiro atoms. The van der Waals surface area contributed by atoms with Gasteiger partial charge in [0.05, 0.1) is 6.54 Å². The zero-order valence-electron chi connectivity index (χ0n) is 13.3. The molecule has 0 aromatic heterocycles. The first-order valence-corrected chi connectivity index (χ1v) is 7.90. The van der Waals surface area contributed by atoms with Gasteiger partial charge in [-0.05, 0) is 24.0 Å². The number of carboxylic acid groups (broad SMARTS) is 1. The minimum absolute atomic E-state index is 0.0409. The first kappa shape index (κ1) is 17.5. The van der Waals surface area contributed by atoms with E-state index in [1.54, 1.807) is 11.0 Å². The molecule has 1 aliphatic carbocycles. The number of hydrogen-bond acceptors (Lipinski definition) is 7. The molecule has 3 rings (SSSR count). The van der Waals surface area contributed by atoms with Gasteiger partial charge in [0.2, 0.25) is 5.91 Å². The minimum Gasteiger partial charge on any atom is -0.507 e. The summed E-state index contributed by atoms with van der Waals surface area (Å²) in [5.41, 5.74) is 5.12. The van der Waals surface area contributed by atoms with Gasteiger partial charge in [-0.3, -0.25) is 9.69 Å². The van der Waals surface area contributed by atoms with Crippen LogP contribution in [0.15, 0.2) is 12.1 Å². The predicted molar refractivity (Wildman–Crippen MR) is 86.4 cm³/mol. The van der Waals surface area contributed by atoms with Crippen LogP contribution in [-0.4, -0.2) is 69.9 Å². The molecule has 2 aliphatic rings. The third kappa shape index (κ3) is 3.55. The number of carbonyl (C=O) groups excluding carboxylic acids is 1. The van der Waals surface area contributed by atoms with Gasteiger partial charge in [-0.25, -0.2) is 4.79 Å². The highest BCUT2D eigenvalue weighted by Crippen LogP contribution is 2.56. The standard InChI is InChI=1S/C15H19BN2O7/c17-12(19)6-18-4-7(5-18)25-11-2-1-8(9-3-10(9)16(23)24)14(20)13(11)15(21)22/h1-2,7,9-10,20,23-24H,3-6H2,(H2,17,19)(H,21,22)/t9?,10-/m1/s1. The van der Waals surface area contributed by atoms with E-state index in [4.69, 9.17) is 10.5 Å². The summed E-state index contributed by atoms with van der Waals surface area (Å²) >= 11 is 0. The van der Waals surface area contributed by atoms with Crippen LogP contribution >= 0.6 is 0 Å². The van der Waals surface area contributed by atoms with Crippen LogP contribution in [0.25, 0.3) is 0 Å². The molecule has 2 fully saturated rings. The Morgan fingerprint density at radius 3 is 2.52 bits per heavy atom. The lowest BCUT2D eigenvalue weighted by molar-refractivity contribution is -0.121. The molecule has 1 aromatic rings. The van der Waals surface area contributed by atoms with Gasteiger partial charge in [-0.1, -0.05) is 6.07 Å². The van der Waals surface area contributed by atoms with Crippen molar-refractivity contribution in [3.05, 3.63) is 23.3 Å². The highest BCUT2D eigenvalue weighted by Gasteiger charge is 2.48. The van der Waals surface area contributed by atoms with Crippen LogP contribution in [0.5, 0.6) is 11.5 Å². The number of primary amides is 1. The number of benzene rings is 1. The van der Waals surface area contributed by atoms with Crippen LogP contribution in [0.2, 0.25) is 5.82 Å². The van der Waals surface area contributed by atoms with E-state index in [1.807, 2.05) is 0 Å². The molecule has 0 radical (unpaired) electrons. The topological polar surface area (TPSA) is 154 Å². The number of nitrogens with two attached hydrogens (primary N) is 1. The molecule has 1 aromatic carbocycles. The lowest BCUT2D eigenvalue weighted by Gasteiger charge is -2.38. The van der Waals surface area contributed by atoms with E-state index in [9.17, 15) is 29.9 Å². The van der Waals surface area contributed by atoms with Crippen LogP contribution in [0.4, 0.5) is 0 Å². The molecule has 1 unspecified atom stereocenters. The lowest BCUT2D eigenvalue weighted by Crippen LogP contribution is -2.56. The fraction of sp³-hybridized carbons (Fsp3) is 0.467. The van der Waals surface area contributed by atoms with E-state index in [2.05, 4.69) is 0 Å². The van der Waals surface area contributed by atoms with E-state index in [0.717, 1.165) is 0 Å². The van der Waals surface area contributed by atoms with Crippen molar-refractivity contribution in [2.24, 2.45) is 5.73 Å². The highest BCUT2D eigenvalue weighted by atomic mass is 16.5. The average molecular weight is 350 g/mol. The zero-order chi connectivity index (χ0) is 18.3. The molecule has 6 N–H and O–H groups in total. The van der Waals surface area contributed by atoms with Crippen molar-refractivity contribution >= 4 is 19.0 Å². The molecule has 1 saturated carbocycles. The van der Waals surface area contributed by atoms with Crippen molar-refractivity contribution in [1.29, 1.82) is 0 Å². The molecule has 0 bridgehead atoms. The Labute approximate surface area is 143 Å². The van der Waals surface area contributed by atoms with Crippen LogP contribution < -0.4 is 10.5 Å². The van der Waals surface area contributed by atoms with Gasteiger partial charge in [-0.15, -0.1) is 0 Å². The molecular formula is C15H19BN2O7. The Morgan fingerprint density at radius 2 is 2.00 bits per heavy atom. The molecule has 1 amide bonds. The number of likely N-dealkylation sites (tertiary alicyclic amines) is 1. The van der Waals surface area contributed by atoms with Gasteiger partial charge in [0.15, 0.2) is 0 Å². The Morgan fingerprint density at radius 1 is 1.32 bits per heavy atom. The van der Waals surface area contributed by atoms with E-state index in [-0.39, 0.29) is 29.9 Å². The molecule has 10 heteroatoms. The van der Waals surface area contributed by atoms with Crippen LogP contribution in [0, 0.1) is 0 Å². The van der Waals surface area contributed by atoms with E-state index < -0.39 is 30.6 Å². The van der Waals surface area contributed by atoms with E-state index >= 15 is 0 Å². The normalized spacial score (nSPS) is 23.0. The summed E-state index contributed by atoms with van der Waals surface area (Å²) in [7, 11) is -1.50. The summed E-state index contributed by atoms with van der Waals surface area (Å²) in [5.74, 6) is -2.85. The van der Waals surface area contributed by atoms with Crippen LogP contribution in [0.3, 0.4) is 0 Å². The summed E-state index contributed by atoms with van der Waals surface area (Å²) in [5, 5.41) is 38.1. The number of aromatic hydroxyl groups is 1. The quantitative estimate of drug-likeness (QED) is 0.391. The number of ether oxygens (including phenoxy) is 1. The number of hydrogen-bond donors (Lipinski definition) is 5. The number of nitrogens with zero attached hydrogens (tertiary/aromatic N) is 1. The monoisotopic (exact) mass is 350 g/mol. The molecule has 1 aliphatic heterocycles. The Balaban J connectivity index is 1.74. The SMILES string of the molecule is NC(=O)CN1CC(Oc2ccc(C3C[C@H]3B(O)O)c(O)c2C(=O)O)C1. The number of amides is 1. The molecule has 134 valence electrons. The Hall–Kier alpha value is -2.30. The van der Waals surface area contributed by atoms with E-state index in [1.165, 1.54) is 6.07 Å². The molecule has 1 saturated heterocycles. The summed E-state index contributed by atoms with van der Waals surface area (Å²) in [6.07, 6.45) is 0.172. The van der Waals surface area contributed by atoms with Crippen molar-refractivity contribution in [3.8, 4) is 11.5 Å². The molecule has 1 heterocycles. The fourth-order valence-electron chi connectivity index (χ4n) is 3.22. The number of carbonyl (C=O) groups is 2. The van der Waals surface area contributed by atoms with Crippen LogP contribution in [-0.2, 0) is 4.79 Å². The van der Waals surface area contributed by atoms with Crippen molar-refractivity contribution in [3.63, 3.8) is 0 Å². The maximum Gasteiger partial charge on any atom is 0.455 e. The van der Waals surface area contributed by atoms with Gasteiger partial charge < -0.3 is 30.7 Å². The summed E-state index contributed by atoms with van der Waals surface area (Å²) in [4.78, 5) is 24.1. The van der Waals surface area contributed by atoms with Gasteiger partial charge in [-0.2, -0.15) is 0 Å². The van der Waals surface area contributed by atoms with Gasteiger partial charge in [0.1, 0.15) is 23.2 Å². The molecule has 2 atom stereocenters. The van der Waals surface area contributed by atoms with Crippen molar-refractivity contribution in [2.75, 3.05) is 19.6 Å². The molecule has 9 nitrogen and oxygen atoms in total. The number of aromatic carboxylic acids is 1. The summed E-state index contributed by atoms with van der Waals surface area (Å²) < 4.78 is 5.63. The number of carboxylic acids is 1. The molecular weight excluding hydrogens is 331 g/mol. The first-order chi connectivity index (χ1) is 11.8. The summed E-state index contributed by atoms with van der Waals surface area (Å²) in [6, 6.07) is 3.01. The Bertz CT molecular complexity index is 705. The second-order valence-corrected chi connectivity index (χ2v) is 6.50. The zero-order valence-corrected chi connectivity index (χ0v) is 13.3. The van der Waals surface area contributed by atoms with Gasteiger partial charge in [0.25, 0.3) is 0 Å². The highest BCUT2D eigenvalue weighted by molar-refractivity contribution is 6.44. The second-order valence-electron chi connectivity index (χ2n) is 6.50. The first-order valence-electron chi connectivity index (χ1n) is 7.90. The number of rotatable bonds is 7. The van der Waals surface area contributed by atoms with E-state index in [0.29, 0.717) is 25.1 Å². The van der Waals surface area contributed by atoms with Crippen molar-refractivity contribution in [1.82, 2.24) is 4.90 Å². The average Bonchev–Trinajstić information content (AvgIpc) is 3.24. The van der Waals surface area contributed by atoms with Gasteiger partial charge in [0, 0.05) is 18.9 Å². The Kier molecular flexibility index (Phi) is 4.59. The van der Waals surface area contributed by atoms with Crippen molar-refractivity contribution < 1.29 is 34.6 Å². The lowest BCUT2D eigenvalue weighted by atomic mass is 9.81. The molecule has 25 heavy (non-hydrogen) atoms. The predicted octanol–water partition coefficient (Wildman–Crippen LogP) is -1.03. The third-order valence-corrected chi connectivity index (χ3v) is 4.60. The second kappa shape index (κ2) is 6.55. The maximum atomic E-state index is 11.5. The van der Waals surface area contributed by atoms with Gasteiger partial charge >= 0.3 is 13.1 Å². The smallest absolute Gasteiger partial charge is 0.455 e. The largest absolute Gasteiger partial charge is 0.507 e. The number of phenols is 1. The minimum atomic E-state index is -1.50. The van der Waals surface area contributed by atoms with Crippen LogP contribution in [0.1, 0.15) is 28.3 Å².